The fourth-order valence-corrected chi connectivity index (χ4v) is 3.08. The Kier molecular flexibility index (Phi) is 4.77. The molecule has 0 bridgehead atoms. The first-order valence-electron chi connectivity index (χ1n) is 7.26. The van der Waals surface area contributed by atoms with E-state index in [-0.39, 0.29) is 5.91 Å². The number of nitrogens with zero attached hydrogens (tertiary/aromatic N) is 1. The van der Waals surface area contributed by atoms with Crippen molar-refractivity contribution in [2.45, 2.75) is 0 Å². The topological polar surface area (TPSA) is 60.5 Å². The minimum Gasteiger partial charge on any atom is -0.497 e. The van der Waals surface area contributed by atoms with Crippen molar-refractivity contribution in [1.82, 2.24) is 4.98 Å². The molecule has 3 aromatic rings. The summed E-state index contributed by atoms with van der Waals surface area (Å²) in [5.74, 6) is 1.11. The average molecular weight is 340 g/mol. The van der Waals surface area contributed by atoms with E-state index >= 15 is 0 Å². The standard InChI is InChI=1S/C18H16N2O3S/c1-22-13-8-9-15(23-2)12(11-13)7-10-17(21)20-18-19-14-5-3-4-6-16(14)24-18/h3-11H,1-2H3,(H,19,20,21). The van der Waals surface area contributed by atoms with Gasteiger partial charge >= 0.3 is 0 Å². The molecule has 6 heteroatoms. The number of rotatable bonds is 5. The van der Waals surface area contributed by atoms with Crippen molar-refractivity contribution in [2.24, 2.45) is 0 Å². The lowest BCUT2D eigenvalue weighted by Gasteiger charge is -2.07. The molecule has 1 N–H and O–H groups in total. The van der Waals surface area contributed by atoms with Gasteiger partial charge in [0.25, 0.3) is 0 Å². The molecule has 24 heavy (non-hydrogen) atoms. The average Bonchev–Trinajstić information content (AvgIpc) is 3.01. The smallest absolute Gasteiger partial charge is 0.250 e. The lowest BCUT2D eigenvalue weighted by atomic mass is 10.1. The third-order valence-electron chi connectivity index (χ3n) is 3.38. The Morgan fingerprint density at radius 2 is 2.00 bits per heavy atom. The van der Waals surface area contributed by atoms with Gasteiger partial charge in [-0.15, -0.1) is 0 Å². The predicted molar refractivity (Wildman–Crippen MR) is 96.8 cm³/mol. The molecule has 3 rings (SSSR count). The molecule has 0 spiro atoms. The molecular formula is C18H16N2O3S. The predicted octanol–water partition coefficient (Wildman–Crippen LogP) is 3.97. The fraction of sp³-hybridized carbons (Fsp3) is 0.111. The molecular weight excluding hydrogens is 324 g/mol. The lowest BCUT2D eigenvalue weighted by Crippen LogP contribution is -2.07. The Morgan fingerprint density at radius 3 is 2.75 bits per heavy atom. The van der Waals surface area contributed by atoms with Gasteiger partial charge in [-0.25, -0.2) is 4.98 Å². The molecule has 0 saturated carbocycles. The zero-order chi connectivity index (χ0) is 16.9. The van der Waals surface area contributed by atoms with Gasteiger partial charge in [0.2, 0.25) is 5.91 Å². The van der Waals surface area contributed by atoms with E-state index in [1.54, 1.807) is 38.5 Å². The first-order chi connectivity index (χ1) is 11.7. The zero-order valence-electron chi connectivity index (χ0n) is 13.3. The van der Waals surface area contributed by atoms with Crippen LogP contribution in [-0.4, -0.2) is 25.1 Å². The van der Waals surface area contributed by atoms with Crippen LogP contribution in [0.3, 0.4) is 0 Å². The third-order valence-corrected chi connectivity index (χ3v) is 4.33. The number of methoxy groups -OCH3 is 2. The molecule has 0 fully saturated rings. The maximum absolute atomic E-state index is 12.1. The highest BCUT2D eigenvalue weighted by molar-refractivity contribution is 7.22. The van der Waals surface area contributed by atoms with Gasteiger partial charge in [0.15, 0.2) is 5.13 Å². The Bertz CT molecular complexity index is 869. The molecule has 1 amide bonds. The zero-order valence-corrected chi connectivity index (χ0v) is 14.1. The highest BCUT2D eigenvalue weighted by atomic mass is 32.1. The summed E-state index contributed by atoms with van der Waals surface area (Å²) >= 11 is 1.44. The molecule has 0 radical (unpaired) electrons. The molecule has 2 aromatic carbocycles. The maximum atomic E-state index is 12.1. The Hall–Kier alpha value is -2.86. The van der Waals surface area contributed by atoms with Gasteiger partial charge in [0.05, 0.1) is 24.4 Å². The number of para-hydroxylation sites is 1. The minimum atomic E-state index is -0.251. The van der Waals surface area contributed by atoms with Gasteiger partial charge in [-0.2, -0.15) is 0 Å². The van der Waals surface area contributed by atoms with Crippen LogP contribution in [-0.2, 0) is 4.79 Å². The van der Waals surface area contributed by atoms with Crippen LogP contribution in [0.4, 0.5) is 5.13 Å². The van der Waals surface area contributed by atoms with E-state index < -0.39 is 0 Å². The van der Waals surface area contributed by atoms with E-state index in [1.807, 2.05) is 24.3 Å². The summed E-state index contributed by atoms with van der Waals surface area (Å²) in [5, 5.41) is 3.35. The monoisotopic (exact) mass is 340 g/mol. The molecule has 5 nitrogen and oxygen atoms in total. The van der Waals surface area contributed by atoms with E-state index in [1.165, 1.54) is 17.4 Å². The minimum absolute atomic E-state index is 0.251. The van der Waals surface area contributed by atoms with Crippen molar-refractivity contribution in [3.63, 3.8) is 0 Å². The Balaban J connectivity index is 1.75. The van der Waals surface area contributed by atoms with Crippen LogP contribution < -0.4 is 14.8 Å². The highest BCUT2D eigenvalue weighted by Crippen LogP contribution is 2.26. The number of aromatic nitrogens is 1. The second-order valence-electron chi connectivity index (χ2n) is 4.92. The number of nitrogens with one attached hydrogen (secondary N) is 1. The van der Waals surface area contributed by atoms with Crippen LogP contribution in [0.15, 0.2) is 48.5 Å². The Labute approximate surface area is 143 Å². The quantitative estimate of drug-likeness (QED) is 0.714. The molecule has 0 atom stereocenters. The van der Waals surface area contributed by atoms with E-state index in [0.717, 1.165) is 15.8 Å². The highest BCUT2D eigenvalue weighted by Gasteiger charge is 2.06. The molecule has 0 aliphatic rings. The van der Waals surface area contributed by atoms with Gasteiger partial charge in [0.1, 0.15) is 11.5 Å². The maximum Gasteiger partial charge on any atom is 0.250 e. The second kappa shape index (κ2) is 7.14. The summed E-state index contributed by atoms with van der Waals surface area (Å²) < 4.78 is 11.5. The van der Waals surface area contributed by atoms with Crippen LogP contribution in [0.25, 0.3) is 16.3 Å². The number of anilines is 1. The number of hydrogen-bond donors (Lipinski definition) is 1. The molecule has 0 saturated heterocycles. The van der Waals surface area contributed by atoms with Gasteiger partial charge in [-0.05, 0) is 36.4 Å². The van der Waals surface area contributed by atoms with Crippen LogP contribution >= 0.6 is 11.3 Å². The number of thiazole rings is 1. The van der Waals surface area contributed by atoms with E-state index in [9.17, 15) is 4.79 Å². The summed E-state index contributed by atoms with van der Waals surface area (Å²) in [4.78, 5) is 16.5. The SMILES string of the molecule is COc1ccc(OC)c(C=CC(=O)Nc2nc3ccccc3s2)c1. The number of benzene rings is 2. The first-order valence-corrected chi connectivity index (χ1v) is 8.08. The summed E-state index contributed by atoms with van der Waals surface area (Å²) in [6, 6.07) is 13.2. The van der Waals surface area contributed by atoms with Crippen LogP contribution in [0, 0.1) is 0 Å². The van der Waals surface area contributed by atoms with Crippen molar-refractivity contribution in [2.75, 3.05) is 19.5 Å². The molecule has 122 valence electrons. The van der Waals surface area contributed by atoms with Crippen LogP contribution in [0.1, 0.15) is 5.56 Å². The van der Waals surface area contributed by atoms with E-state index in [4.69, 9.17) is 9.47 Å². The number of hydrogen-bond acceptors (Lipinski definition) is 5. The summed E-state index contributed by atoms with van der Waals surface area (Å²) in [5.41, 5.74) is 1.63. The molecule has 0 aliphatic heterocycles. The second-order valence-corrected chi connectivity index (χ2v) is 5.95. The molecule has 1 heterocycles. The molecule has 0 aliphatic carbocycles. The van der Waals surface area contributed by atoms with Gasteiger partial charge < -0.3 is 9.47 Å². The Morgan fingerprint density at radius 1 is 1.17 bits per heavy atom. The van der Waals surface area contributed by atoms with Crippen molar-refractivity contribution in [1.29, 1.82) is 0 Å². The number of carbonyl (C=O) groups is 1. The molecule has 0 unspecified atom stereocenters. The van der Waals surface area contributed by atoms with Crippen molar-refractivity contribution < 1.29 is 14.3 Å². The fourth-order valence-electron chi connectivity index (χ4n) is 2.21. The van der Waals surface area contributed by atoms with E-state index in [0.29, 0.717) is 16.6 Å². The third kappa shape index (κ3) is 3.55. The van der Waals surface area contributed by atoms with E-state index in [2.05, 4.69) is 10.3 Å². The number of ether oxygens (including phenoxy) is 2. The lowest BCUT2D eigenvalue weighted by molar-refractivity contribution is -0.111. The van der Waals surface area contributed by atoms with Crippen molar-refractivity contribution >= 4 is 38.7 Å². The number of fused-ring (bicyclic) bond motifs is 1. The summed E-state index contributed by atoms with van der Waals surface area (Å²) in [6.07, 6.45) is 3.13. The van der Waals surface area contributed by atoms with Crippen molar-refractivity contribution in [3.05, 3.63) is 54.1 Å². The van der Waals surface area contributed by atoms with Crippen LogP contribution in [0.2, 0.25) is 0 Å². The number of amides is 1. The largest absolute Gasteiger partial charge is 0.497 e. The van der Waals surface area contributed by atoms with Crippen molar-refractivity contribution in [3.8, 4) is 11.5 Å². The van der Waals surface area contributed by atoms with Gasteiger partial charge in [-0.3, -0.25) is 10.1 Å². The normalized spacial score (nSPS) is 10.9. The van der Waals surface area contributed by atoms with Gasteiger partial charge in [-0.1, -0.05) is 23.5 Å². The summed E-state index contributed by atoms with van der Waals surface area (Å²) in [7, 11) is 3.18. The molecule has 1 aromatic heterocycles. The van der Waals surface area contributed by atoms with Crippen LogP contribution in [0.5, 0.6) is 11.5 Å². The first kappa shape index (κ1) is 16.0. The number of carbonyl (C=O) groups excluding carboxylic acids is 1. The van der Waals surface area contributed by atoms with Gasteiger partial charge in [0, 0.05) is 11.6 Å². The summed E-state index contributed by atoms with van der Waals surface area (Å²) in [6.45, 7) is 0.